The Balaban J connectivity index is 2.10. The van der Waals surface area contributed by atoms with Gasteiger partial charge in [0.15, 0.2) is 11.5 Å². The largest absolute Gasteiger partial charge is 0.493 e. The van der Waals surface area contributed by atoms with Gasteiger partial charge in [-0.25, -0.2) is 0 Å². The molecule has 0 saturated carbocycles. The summed E-state index contributed by atoms with van der Waals surface area (Å²) >= 11 is 0. The molecule has 0 aliphatic heterocycles. The van der Waals surface area contributed by atoms with E-state index in [1.54, 1.807) is 38.5 Å². The molecule has 1 atom stereocenters. The highest BCUT2D eigenvalue weighted by Crippen LogP contribution is 2.28. The second-order valence-electron chi connectivity index (χ2n) is 4.93. The summed E-state index contributed by atoms with van der Waals surface area (Å²) in [5.74, 6) is 0.0745. The van der Waals surface area contributed by atoms with Gasteiger partial charge in [-0.1, -0.05) is 24.3 Å². The molecule has 1 amide bonds. The summed E-state index contributed by atoms with van der Waals surface area (Å²) in [5.41, 5.74) is 1.50. The van der Waals surface area contributed by atoms with Crippen molar-refractivity contribution in [3.8, 4) is 17.6 Å². The molecule has 0 bridgehead atoms. The highest BCUT2D eigenvalue weighted by atomic mass is 16.5. The van der Waals surface area contributed by atoms with Crippen molar-refractivity contribution in [3.63, 3.8) is 0 Å². The third-order valence-electron chi connectivity index (χ3n) is 3.40. The molecule has 0 spiro atoms. The average molecular weight is 310 g/mol. The van der Waals surface area contributed by atoms with Crippen molar-refractivity contribution in [2.75, 3.05) is 19.5 Å². The number of nitriles is 1. The predicted molar refractivity (Wildman–Crippen MR) is 87.4 cm³/mol. The Morgan fingerprint density at radius 2 is 1.83 bits per heavy atom. The SMILES string of the molecule is COc1ccc(C[C@H](C#N)C(=O)Nc2ccccc2)cc1OC. The molecule has 23 heavy (non-hydrogen) atoms. The van der Waals surface area contributed by atoms with E-state index in [0.717, 1.165) is 5.56 Å². The number of carbonyl (C=O) groups excluding carboxylic acids is 1. The van der Waals surface area contributed by atoms with Crippen LogP contribution in [0, 0.1) is 17.2 Å². The van der Waals surface area contributed by atoms with Crippen LogP contribution in [-0.4, -0.2) is 20.1 Å². The number of rotatable bonds is 6. The Bertz CT molecular complexity index is 708. The third kappa shape index (κ3) is 4.24. The molecule has 0 aromatic heterocycles. The number of benzene rings is 2. The Morgan fingerprint density at radius 3 is 2.43 bits per heavy atom. The zero-order chi connectivity index (χ0) is 16.7. The van der Waals surface area contributed by atoms with E-state index in [0.29, 0.717) is 23.6 Å². The van der Waals surface area contributed by atoms with E-state index in [1.165, 1.54) is 0 Å². The van der Waals surface area contributed by atoms with E-state index in [4.69, 9.17) is 9.47 Å². The highest BCUT2D eigenvalue weighted by molar-refractivity contribution is 5.94. The van der Waals surface area contributed by atoms with Crippen LogP contribution >= 0.6 is 0 Å². The second-order valence-corrected chi connectivity index (χ2v) is 4.93. The maximum Gasteiger partial charge on any atom is 0.242 e. The summed E-state index contributed by atoms with van der Waals surface area (Å²) in [6.07, 6.45) is 0.301. The van der Waals surface area contributed by atoms with Crippen molar-refractivity contribution in [1.29, 1.82) is 5.26 Å². The van der Waals surface area contributed by atoms with Gasteiger partial charge in [-0.05, 0) is 36.2 Å². The normalized spacial score (nSPS) is 11.2. The Morgan fingerprint density at radius 1 is 1.13 bits per heavy atom. The van der Waals surface area contributed by atoms with Crippen LogP contribution in [-0.2, 0) is 11.2 Å². The monoisotopic (exact) mass is 310 g/mol. The molecule has 0 radical (unpaired) electrons. The lowest BCUT2D eigenvalue weighted by atomic mass is 9.99. The lowest BCUT2D eigenvalue weighted by molar-refractivity contribution is -0.118. The lowest BCUT2D eigenvalue weighted by Crippen LogP contribution is -2.23. The van der Waals surface area contributed by atoms with E-state index in [2.05, 4.69) is 11.4 Å². The molecule has 2 aromatic carbocycles. The minimum Gasteiger partial charge on any atom is -0.493 e. The zero-order valence-electron chi connectivity index (χ0n) is 13.1. The van der Waals surface area contributed by atoms with E-state index >= 15 is 0 Å². The fourth-order valence-electron chi connectivity index (χ4n) is 2.19. The van der Waals surface area contributed by atoms with Crippen LogP contribution < -0.4 is 14.8 Å². The number of anilines is 1. The van der Waals surface area contributed by atoms with Gasteiger partial charge in [0.25, 0.3) is 0 Å². The highest BCUT2D eigenvalue weighted by Gasteiger charge is 2.19. The molecule has 2 aromatic rings. The third-order valence-corrected chi connectivity index (χ3v) is 3.40. The molecular formula is C18H18N2O3. The molecule has 0 aliphatic carbocycles. The summed E-state index contributed by atoms with van der Waals surface area (Å²) in [6.45, 7) is 0. The fraction of sp³-hybridized carbons (Fsp3) is 0.222. The van der Waals surface area contributed by atoms with Crippen LogP contribution in [0.2, 0.25) is 0 Å². The number of para-hydroxylation sites is 1. The molecule has 0 heterocycles. The number of nitrogens with one attached hydrogen (secondary N) is 1. The molecule has 0 saturated heterocycles. The topological polar surface area (TPSA) is 71.3 Å². The summed E-state index contributed by atoms with van der Waals surface area (Å²) in [5, 5.41) is 12.0. The first-order chi connectivity index (χ1) is 11.2. The second kappa shape index (κ2) is 7.85. The van der Waals surface area contributed by atoms with Crippen LogP contribution in [0.4, 0.5) is 5.69 Å². The van der Waals surface area contributed by atoms with Gasteiger partial charge < -0.3 is 14.8 Å². The van der Waals surface area contributed by atoms with Crippen molar-refractivity contribution >= 4 is 11.6 Å². The molecule has 0 fully saturated rings. The Labute approximate surface area is 135 Å². The smallest absolute Gasteiger partial charge is 0.242 e. The first-order valence-corrected chi connectivity index (χ1v) is 7.14. The van der Waals surface area contributed by atoms with E-state index in [9.17, 15) is 10.1 Å². The van der Waals surface area contributed by atoms with Gasteiger partial charge in [0, 0.05) is 5.69 Å². The fourth-order valence-corrected chi connectivity index (χ4v) is 2.19. The maximum absolute atomic E-state index is 12.2. The van der Waals surface area contributed by atoms with Crippen LogP contribution in [0.15, 0.2) is 48.5 Å². The summed E-state index contributed by atoms with van der Waals surface area (Å²) in [4.78, 5) is 12.2. The van der Waals surface area contributed by atoms with Gasteiger partial charge in [0.1, 0.15) is 5.92 Å². The molecule has 5 heteroatoms. The lowest BCUT2D eigenvalue weighted by Gasteiger charge is -2.12. The van der Waals surface area contributed by atoms with E-state index in [-0.39, 0.29) is 5.91 Å². The number of carbonyl (C=O) groups is 1. The van der Waals surface area contributed by atoms with Crippen LogP contribution in [0.3, 0.4) is 0 Å². The number of hydrogen-bond acceptors (Lipinski definition) is 4. The molecule has 118 valence electrons. The molecule has 1 N–H and O–H groups in total. The molecule has 5 nitrogen and oxygen atoms in total. The summed E-state index contributed by atoms with van der Waals surface area (Å²) < 4.78 is 10.4. The molecular weight excluding hydrogens is 292 g/mol. The predicted octanol–water partition coefficient (Wildman–Crippen LogP) is 3.02. The van der Waals surface area contributed by atoms with Crippen LogP contribution in [0.1, 0.15) is 5.56 Å². The minimum absolute atomic E-state index is 0.301. The van der Waals surface area contributed by atoms with Crippen molar-refractivity contribution in [2.24, 2.45) is 5.92 Å². The Hall–Kier alpha value is -3.00. The van der Waals surface area contributed by atoms with Crippen molar-refractivity contribution < 1.29 is 14.3 Å². The van der Waals surface area contributed by atoms with E-state index in [1.807, 2.05) is 24.3 Å². The van der Waals surface area contributed by atoms with Gasteiger partial charge in [-0.2, -0.15) is 5.26 Å². The van der Waals surface area contributed by atoms with Crippen LogP contribution in [0.5, 0.6) is 11.5 Å². The van der Waals surface area contributed by atoms with Gasteiger partial charge >= 0.3 is 0 Å². The first-order valence-electron chi connectivity index (χ1n) is 7.14. The quantitative estimate of drug-likeness (QED) is 0.890. The number of nitrogens with zero attached hydrogens (tertiary/aromatic N) is 1. The van der Waals surface area contributed by atoms with Gasteiger partial charge in [0.2, 0.25) is 5.91 Å². The van der Waals surface area contributed by atoms with Gasteiger partial charge in [0.05, 0.1) is 20.3 Å². The van der Waals surface area contributed by atoms with E-state index < -0.39 is 5.92 Å². The number of hydrogen-bond donors (Lipinski definition) is 1. The van der Waals surface area contributed by atoms with Gasteiger partial charge in [-0.15, -0.1) is 0 Å². The van der Waals surface area contributed by atoms with Crippen molar-refractivity contribution in [3.05, 3.63) is 54.1 Å². The van der Waals surface area contributed by atoms with Crippen LogP contribution in [0.25, 0.3) is 0 Å². The maximum atomic E-state index is 12.2. The Kier molecular flexibility index (Phi) is 5.59. The average Bonchev–Trinajstić information content (AvgIpc) is 2.60. The molecule has 0 aliphatic rings. The van der Waals surface area contributed by atoms with Crippen molar-refractivity contribution in [2.45, 2.75) is 6.42 Å². The number of methoxy groups -OCH3 is 2. The number of ether oxygens (including phenoxy) is 2. The zero-order valence-corrected chi connectivity index (χ0v) is 13.1. The first kappa shape index (κ1) is 16.4. The minimum atomic E-state index is -0.784. The molecule has 2 rings (SSSR count). The summed E-state index contributed by atoms with van der Waals surface area (Å²) in [6, 6.07) is 16.5. The number of amides is 1. The molecule has 0 unspecified atom stereocenters. The van der Waals surface area contributed by atoms with Crippen molar-refractivity contribution in [1.82, 2.24) is 0 Å². The summed E-state index contributed by atoms with van der Waals surface area (Å²) in [7, 11) is 3.11. The standard InChI is InChI=1S/C18H18N2O3/c1-22-16-9-8-13(11-17(16)23-2)10-14(12-19)18(21)20-15-6-4-3-5-7-15/h3-9,11,14H,10H2,1-2H3,(H,20,21)/t14-/m1/s1. The van der Waals surface area contributed by atoms with Gasteiger partial charge in [-0.3, -0.25) is 4.79 Å².